The maximum absolute atomic E-state index is 10.6. The van der Waals surface area contributed by atoms with Gasteiger partial charge in [0.15, 0.2) is 5.75 Å². The molecule has 0 aliphatic carbocycles. The first-order valence-electron chi connectivity index (χ1n) is 4.62. The summed E-state index contributed by atoms with van der Waals surface area (Å²) in [5.41, 5.74) is -0.918. The van der Waals surface area contributed by atoms with Crippen LogP contribution in [-0.4, -0.2) is 33.9 Å². The lowest BCUT2D eigenvalue weighted by atomic mass is 10.1. The maximum Gasteiger partial charge on any atom is 0.317 e. The molecule has 0 aromatic heterocycles. The molecular formula is C9H11N3O5. The molecule has 0 amide bonds. The Morgan fingerprint density at radius 3 is 2.24 bits per heavy atom. The number of aromatic hydroxyl groups is 1. The van der Waals surface area contributed by atoms with Crippen LogP contribution in [0.3, 0.4) is 0 Å². The Morgan fingerprint density at radius 2 is 1.82 bits per heavy atom. The average Bonchev–Trinajstić information content (AvgIpc) is 2.19. The molecule has 1 aromatic rings. The average molecular weight is 241 g/mol. The number of rotatable bonds is 4. The Kier molecular flexibility index (Phi) is 3.59. The molecule has 0 radical (unpaired) electrons. The lowest BCUT2D eigenvalue weighted by molar-refractivity contribution is -0.394. The SMILES string of the molecule is CN(C)Cc1cc([N+](=O)[O-])cc([N+](=O)[O-])c1O. The Balaban J connectivity index is 3.37. The van der Waals surface area contributed by atoms with Crippen LogP contribution in [0.25, 0.3) is 0 Å². The molecule has 0 fully saturated rings. The topological polar surface area (TPSA) is 110 Å². The molecule has 92 valence electrons. The van der Waals surface area contributed by atoms with Gasteiger partial charge in [0.2, 0.25) is 0 Å². The van der Waals surface area contributed by atoms with E-state index in [-0.39, 0.29) is 12.1 Å². The number of hydrogen-bond acceptors (Lipinski definition) is 6. The molecule has 0 saturated heterocycles. The zero-order chi connectivity index (χ0) is 13.2. The molecule has 0 aliphatic rings. The van der Waals surface area contributed by atoms with Crippen molar-refractivity contribution in [3.8, 4) is 5.75 Å². The van der Waals surface area contributed by atoms with Gasteiger partial charge in [-0.25, -0.2) is 0 Å². The van der Waals surface area contributed by atoms with Crippen LogP contribution in [-0.2, 0) is 6.54 Å². The second kappa shape index (κ2) is 4.74. The summed E-state index contributed by atoms with van der Waals surface area (Å²) in [4.78, 5) is 21.3. The van der Waals surface area contributed by atoms with E-state index >= 15 is 0 Å². The Bertz CT molecular complexity index is 472. The number of phenols is 1. The molecule has 0 heterocycles. The van der Waals surface area contributed by atoms with Crippen LogP contribution in [0.5, 0.6) is 5.75 Å². The van der Waals surface area contributed by atoms with Crippen molar-refractivity contribution in [2.75, 3.05) is 14.1 Å². The molecule has 0 bridgehead atoms. The van der Waals surface area contributed by atoms with Crippen molar-refractivity contribution in [3.63, 3.8) is 0 Å². The Morgan fingerprint density at radius 1 is 1.24 bits per heavy atom. The van der Waals surface area contributed by atoms with Gasteiger partial charge in [-0.05, 0) is 14.1 Å². The number of benzene rings is 1. The number of nitro benzene ring substituents is 2. The van der Waals surface area contributed by atoms with Crippen LogP contribution >= 0.6 is 0 Å². The maximum atomic E-state index is 10.6. The molecule has 8 nitrogen and oxygen atoms in total. The highest BCUT2D eigenvalue weighted by Crippen LogP contribution is 2.34. The van der Waals surface area contributed by atoms with Gasteiger partial charge >= 0.3 is 5.69 Å². The molecule has 0 atom stereocenters. The van der Waals surface area contributed by atoms with Crippen LogP contribution in [0, 0.1) is 20.2 Å². The fraction of sp³-hybridized carbons (Fsp3) is 0.333. The van der Waals surface area contributed by atoms with Crippen molar-refractivity contribution in [1.29, 1.82) is 0 Å². The third-order valence-corrected chi connectivity index (χ3v) is 2.05. The minimum atomic E-state index is -0.846. The van der Waals surface area contributed by atoms with E-state index in [0.29, 0.717) is 0 Å². The lowest BCUT2D eigenvalue weighted by Crippen LogP contribution is -2.11. The summed E-state index contributed by atoms with van der Waals surface area (Å²) in [7, 11) is 3.37. The van der Waals surface area contributed by atoms with Gasteiger partial charge in [0.1, 0.15) is 0 Å². The third-order valence-electron chi connectivity index (χ3n) is 2.05. The number of nitrogens with zero attached hydrogens (tertiary/aromatic N) is 3. The van der Waals surface area contributed by atoms with Gasteiger partial charge in [0.05, 0.1) is 15.9 Å². The number of nitro groups is 2. The first kappa shape index (κ1) is 12.8. The minimum Gasteiger partial charge on any atom is -0.502 e. The Labute approximate surface area is 96.4 Å². The molecule has 17 heavy (non-hydrogen) atoms. The molecule has 0 saturated carbocycles. The van der Waals surface area contributed by atoms with Gasteiger partial charge in [-0.3, -0.25) is 20.2 Å². The monoisotopic (exact) mass is 241 g/mol. The largest absolute Gasteiger partial charge is 0.502 e. The summed E-state index contributed by atoms with van der Waals surface area (Å²) in [5.74, 6) is -0.533. The summed E-state index contributed by atoms with van der Waals surface area (Å²) < 4.78 is 0. The summed E-state index contributed by atoms with van der Waals surface area (Å²) in [5, 5.41) is 30.9. The summed E-state index contributed by atoms with van der Waals surface area (Å²) >= 11 is 0. The summed E-state index contributed by atoms with van der Waals surface area (Å²) in [6.07, 6.45) is 0. The highest BCUT2D eigenvalue weighted by atomic mass is 16.6. The second-order valence-corrected chi connectivity index (χ2v) is 3.72. The number of non-ortho nitro benzene ring substituents is 1. The van der Waals surface area contributed by atoms with E-state index in [9.17, 15) is 25.3 Å². The summed E-state index contributed by atoms with van der Waals surface area (Å²) in [6, 6.07) is 1.87. The van der Waals surface area contributed by atoms with E-state index in [1.54, 1.807) is 19.0 Å². The van der Waals surface area contributed by atoms with E-state index in [0.717, 1.165) is 12.1 Å². The lowest BCUT2D eigenvalue weighted by Gasteiger charge is -2.10. The first-order chi connectivity index (χ1) is 7.82. The Hall–Kier alpha value is -2.22. The highest BCUT2D eigenvalue weighted by Gasteiger charge is 2.23. The number of phenolic OH excluding ortho intramolecular Hbond substituents is 1. The van der Waals surface area contributed by atoms with Gasteiger partial charge in [-0.2, -0.15) is 0 Å². The van der Waals surface area contributed by atoms with Crippen molar-refractivity contribution in [3.05, 3.63) is 37.9 Å². The van der Waals surface area contributed by atoms with Gasteiger partial charge in [0, 0.05) is 18.2 Å². The van der Waals surface area contributed by atoms with E-state index in [4.69, 9.17) is 0 Å². The first-order valence-corrected chi connectivity index (χ1v) is 4.62. The van der Waals surface area contributed by atoms with Crippen molar-refractivity contribution in [1.82, 2.24) is 4.90 Å². The van der Waals surface area contributed by atoms with Gasteiger partial charge in [-0.15, -0.1) is 0 Å². The third kappa shape index (κ3) is 2.88. The molecule has 0 spiro atoms. The van der Waals surface area contributed by atoms with Crippen molar-refractivity contribution in [2.24, 2.45) is 0 Å². The van der Waals surface area contributed by atoms with E-state index < -0.39 is 27.0 Å². The van der Waals surface area contributed by atoms with Crippen LogP contribution in [0.15, 0.2) is 12.1 Å². The van der Waals surface area contributed by atoms with E-state index in [2.05, 4.69) is 0 Å². The molecular weight excluding hydrogens is 230 g/mol. The van der Waals surface area contributed by atoms with Crippen LogP contribution in [0.2, 0.25) is 0 Å². The molecule has 1 N–H and O–H groups in total. The molecule has 0 unspecified atom stereocenters. The van der Waals surface area contributed by atoms with E-state index in [1.165, 1.54) is 0 Å². The van der Waals surface area contributed by atoms with Gasteiger partial charge in [-0.1, -0.05) is 0 Å². The molecule has 1 rings (SSSR count). The standard InChI is InChI=1S/C9H11N3O5/c1-10(2)5-6-3-7(11(14)15)4-8(9(6)13)12(16)17/h3-4,13H,5H2,1-2H3. The fourth-order valence-electron chi connectivity index (χ4n) is 1.37. The van der Waals surface area contributed by atoms with Crippen LogP contribution in [0.1, 0.15) is 5.56 Å². The summed E-state index contributed by atoms with van der Waals surface area (Å²) in [6.45, 7) is 0.175. The smallest absolute Gasteiger partial charge is 0.317 e. The van der Waals surface area contributed by atoms with Crippen molar-refractivity contribution >= 4 is 11.4 Å². The van der Waals surface area contributed by atoms with Crippen molar-refractivity contribution < 1.29 is 15.0 Å². The number of hydrogen-bond donors (Lipinski definition) is 1. The highest BCUT2D eigenvalue weighted by molar-refractivity contribution is 5.57. The van der Waals surface area contributed by atoms with E-state index in [1.807, 2.05) is 0 Å². The predicted molar refractivity (Wildman–Crippen MR) is 58.8 cm³/mol. The van der Waals surface area contributed by atoms with Crippen molar-refractivity contribution in [2.45, 2.75) is 6.54 Å². The zero-order valence-corrected chi connectivity index (χ0v) is 9.28. The molecule has 1 aromatic carbocycles. The molecule has 0 aliphatic heterocycles. The predicted octanol–water partition coefficient (Wildman–Crippen LogP) is 1.27. The van der Waals surface area contributed by atoms with Gasteiger partial charge in [0.25, 0.3) is 5.69 Å². The molecule has 8 heteroatoms. The normalized spacial score (nSPS) is 10.5. The van der Waals surface area contributed by atoms with Crippen LogP contribution < -0.4 is 0 Å². The fourth-order valence-corrected chi connectivity index (χ4v) is 1.37. The minimum absolute atomic E-state index is 0.149. The second-order valence-electron chi connectivity index (χ2n) is 3.72. The zero-order valence-electron chi connectivity index (χ0n) is 9.28. The van der Waals surface area contributed by atoms with Gasteiger partial charge < -0.3 is 10.0 Å². The quantitative estimate of drug-likeness (QED) is 0.627. The van der Waals surface area contributed by atoms with Crippen LogP contribution in [0.4, 0.5) is 11.4 Å².